The van der Waals surface area contributed by atoms with Crippen LogP contribution in [0.25, 0.3) is 0 Å². The lowest BCUT2D eigenvalue weighted by atomic mass is 9.90. The van der Waals surface area contributed by atoms with Gasteiger partial charge in [-0.1, -0.05) is 13.8 Å². The number of nitrogens with zero attached hydrogens (tertiary/aromatic N) is 4. The van der Waals surface area contributed by atoms with Gasteiger partial charge in [0.25, 0.3) is 5.91 Å². The van der Waals surface area contributed by atoms with Gasteiger partial charge >= 0.3 is 12.0 Å². The predicted octanol–water partition coefficient (Wildman–Crippen LogP) is 2.88. The summed E-state index contributed by atoms with van der Waals surface area (Å²) in [6, 6.07) is 2.77. The predicted molar refractivity (Wildman–Crippen MR) is 135 cm³/mol. The second-order valence-electron chi connectivity index (χ2n) is 9.71. The van der Waals surface area contributed by atoms with Crippen molar-refractivity contribution in [3.05, 3.63) is 47.8 Å². The fourth-order valence-electron chi connectivity index (χ4n) is 4.48. The number of pyridine rings is 1. The Labute approximate surface area is 212 Å². The molecule has 3 amide bonds. The van der Waals surface area contributed by atoms with Gasteiger partial charge in [0.15, 0.2) is 0 Å². The van der Waals surface area contributed by atoms with Gasteiger partial charge in [-0.05, 0) is 50.7 Å². The molecule has 0 aliphatic carbocycles. The molecule has 1 fully saturated rings. The van der Waals surface area contributed by atoms with E-state index in [0.717, 1.165) is 24.4 Å². The molecule has 10 heteroatoms. The molecule has 0 aromatic carbocycles. The van der Waals surface area contributed by atoms with Gasteiger partial charge in [-0.25, -0.2) is 14.6 Å². The van der Waals surface area contributed by atoms with Gasteiger partial charge in [0, 0.05) is 50.2 Å². The molecule has 2 aromatic heterocycles. The Morgan fingerprint density at radius 2 is 1.94 bits per heavy atom. The summed E-state index contributed by atoms with van der Waals surface area (Å²) in [7, 11) is 1.33. The van der Waals surface area contributed by atoms with Crippen LogP contribution < -0.4 is 10.6 Å². The monoisotopic (exact) mass is 498 g/mol. The van der Waals surface area contributed by atoms with Crippen LogP contribution in [0.1, 0.15) is 67.2 Å². The molecule has 2 N–H and O–H groups in total. The molecule has 3 rings (SSSR count). The van der Waals surface area contributed by atoms with Gasteiger partial charge < -0.3 is 24.8 Å². The molecule has 0 spiro atoms. The standard InChI is InChI=1S/C26H38N6O4/c1-18(2)16-22(25(34)36-4)30-26(35)32-13-8-20(9-14-32)23-21(7-6-19(3)29-23)24(33)28-10-5-12-31-15-11-27-17-31/h6-7,11,15,17-18,20,22H,5,8-10,12-14,16H2,1-4H3,(H,28,33)(H,30,35). The maximum absolute atomic E-state index is 13.0. The number of piperidine rings is 1. The number of esters is 1. The van der Waals surface area contributed by atoms with Crippen molar-refractivity contribution in [1.82, 2.24) is 30.1 Å². The zero-order valence-corrected chi connectivity index (χ0v) is 21.7. The molecule has 2 aromatic rings. The smallest absolute Gasteiger partial charge is 0.328 e. The van der Waals surface area contributed by atoms with E-state index in [0.29, 0.717) is 44.5 Å². The number of likely N-dealkylation sites (tertiary alicyclic amines) is 1. The third-order valence-electron chi connectivity index (χ3n) is 6.41. The van der Waals surface area contributed by atoms with Crippen molar-refractivity contribution in [2.24, 2.45) is 5.92 Å². The molecule has 1 unspecified atom stereocenters. The second kappa shape index (κ2) is 13.0. The number of carbonyl (C=O) groups is 3. The minimum Gasteiger partial charge on any atom is -0.467 e. The average Bonchev–Trinajstić information content (AvgIpc) is 3.39. The van der Waals surface area contributed by atoms with E-state index in [1.165, 1.54) is 7.11 Å². The van der Waals surface area contributed by atoms with Crippen molar-refractivity contribution in [1.29, 1.82) is 0 Å². The number of nitrogens with one attached hydrogen (secondary N) is 2. The quantitative estimate of drug-likeness (QED) is 0.384. The van der Waals surface area contributed by atoms with E-state index in [9.17, 15) is 14.4 Å². The first-order chi connectivity index (χ1) is 17.3. The Morgan fingerprint density at radius 3 is 2.58 bits per heavy atom. The van der Waals surface area contributed by atoms with Crippen LogP contribution in [0.2, 0.25) is 0 Å². The fourth-order valence-corrected chi connectivity index (χ4v) is 4.48. The van der Waals surface area contributed by atoms with E-state index in [1.807, 2.05) is 43.7 Å². The third-order valence-corrected chi connectivity index (χ3v) is 6.41. The van der Waals surface area contributed by atoms with E-state index >= 15 is 0 Å². The van der Waals surface area contributed by atoms with Gasteiger partial charge in [0.2, 0.25) is 0 Å². The van der Waals surface area contributed by atoms with Crippen LogP contribution in [0.4, 0.5) is 4.79 Å². The highest BCUT2D eigenvalue weighted by Crippen LogP contribution is 2.29. The maximum Gasteiger partial charge on any atom is 0.328 e. The number of amides is 3. The van der Waals surface area contributed by atoms with Crippen LogP contribution in [0.3, 0.4) is 0 Å². The Balaban J connectivity index is 1.57. The van der Waals surface area contributed by atoms with Crippen LogP contribution in [0.15, 0.2) is 30.9 Å². The van der Waals surface area contributed by atoms with E-state index in [2.05, 4.69) is 15.6 Å². The van der Waals surface area contributed by atoms with Crippen LogP contribution in [-0.4, -0.2) is 70.1 Å². The van der Waals surface area contributed by atoms with Crippen molar-refractivity contribution in [2.75, 3.05) is 26.7 Å². The summed E-state index contributed by atoms with van der Waals surface area (Å²) in [6.45, 7) is 8.29. The highest BCUT2D eigenvalue weighted by molar-refractivity contribution is 5.95. The minimum atomic E-state index is -0.664. The van der Waals surface area contributed by atoms with Crippen LogP contribution in [0.5, 0.6) is 0 Å². The first-order valence-corrected chi connectivity index (χ1v) is 12.6. The number of aryl methyl sites for hydroxylation is 2. The summed E-state index contributed by atoms with van der Waals surface area (Å²) in [5.41, 5.74) is 2.24. The first kappa shape index (κ1) is 27.2. The summed E-state index contributed by atoms with van der Waals surface area (Å²) in [5, 5.41) is 5.84. The van der Waals surface area contributed by atoms with Gasteiger partial charge in [0.05, 0.1) is 24.7 Å². The maximum atomic E-state index is 13.0. The van der Waals surface area contributed by atoms with Crippen LogP contribution >= 0.6 is 0 Å². The van der Waals surface area contributed by atoms with Crippen molar-refractivity contribution in [3.63, 3.8) is 0 Å². The number of methoxy groups -OCH3 is 1. The number of carbonyl (C=O) groups excluding carboxylic acids is 3. The minimum absolute atomic E-state index is 0.0766. The molecule has 1 atom stereocenters. The van der Waals surface area contributed by atoms with Gasteiger partial charge in [-0.15, -0.1) is 0 Å². The molecule has 0 radical (unpaired) electrons. The third kappa shape index (κ3) is 7.53. The zero-order chi connectivity index (χ0) is 26.1. The largest absolute Gasteiger partial charge is 0.467 e. The lowest BCUT2D eigenvalue weighted by Crippen LogP contribution is -2.50. The van der Waals surface area contributed by atoms with E-state index in [-0.39, 0.29) is 23.8 Å². The fraction of sp³-hybridized carbons (Fsp3) is 0.577. The highest BCUT2D eigenvalue weighted by Gasteiger charge is 2.30. The lowest BCUT2D eigenvalue weighted by Gasteiger charge is -2.33. The van der Waals surface area contributed by atoms with E-state index in [1.54, 1.807) is 17.4 Å². The number of aromatic nitrogens is 3. The molecule has 1 aliphatic heterocycles. The van der Waals surface area contributed by atoms with E-state index in [4.69, 9.17) is 9.72 Å². The van der Waals surface area contributed by atoms with Crippen molar-refractivity contribution < 1.29 is 19.1 Å². The number of hydrogen-bond acceptors (Lipinski definition) is 6. The summed E-state index contributed by atoms with van der Waals surface area (Å²) < 4.78 is 6.83. The number of imidazole rings is 1. The molecular formula is C26H38N6O4. The molecule has 3 heterocycles. The summed E-state index contributed by atoms with van der Waals surface area (Å²) in [4.78, 5) is 48.4. The first-order valence-electron chi connectivity index (χ1n) is 12.6. The topological polar surface area (TPSA) is 118 Å². The van der Waals surface area contributed by atoms with Crippen molar-refractivity contribution in [3.8, 4) is 0 Å². The molecule has 1 aliphatic rings. The Bertz CT molecular complexity index is 1020. The van der Waals surface area contributed by atoms with Crippen LogP contribution in [-0.2, 0) is 16.1 Å². The molecule has 196 valence electrons. The highest BCUT2D eigenvalue weighted by atomic mass is 16.5. The molecule has 36 heavy (non-hydrogen) atoms. The molecular weight excluding hydrogens is 460 g/mol. The second-order valence-corrected chi connectivity index (χ2v) is 9.71. The number of rotatable bonds is 10. The van der Waals surface area contributed by atoms with Crippen LogP contribution in [0, 0.1) is 12.8 Å². The SMILES string of the molecule is COC(=O)C(CC(C)C)NC(=O)N1CCC(c2nc(C)ccc2C(=O)NCCCn2ccnc2)CC1. The number of urea groups is 1. The van der Waals surface area contributed by atoms with Crippen molar-refractivity contribution in [2.45, 2.75) is 65.0 Å². The molecule has 0 saturated carbocycles. The number of hydrogen-bond donors (Lipinski definition) is 2. The summed E-state index contributed by atoms with van der Waals surface area (Å²) >= 11 is 0. The number of ether oxygens (including phenoxy) is 1. The van der Waals surface area contributed by atoms with Gasteiger partial charge in [0.1, 0.15) is 6.04 Å². The van der Waals surface area contributed by atoms with Gasteiger partial charge in [-0.2, -0.15) is 0 Å². The Morgan fingerprint density at radius 1 is 1.19 bits per heavy atom. The molecule has 1 saturated heterocycles. The summed E-state index contributed by atoms with van der Waals surface area (Å²) in [6.07, 6.45) is 8.10. The lowest BCUT2D eigenvalue weighted by molar-refractivity contribution is -0.143. The van der Waals surface area contributed by atoms with Gasteiger partial charge in [-0.3, -0.25) is 9.78 Å². The Hall–Kier alpha value is -3.43. The molecule has 10 nitrogen and oxygen atoms in total. The van der Waals surface area contributed by atoms with E-state index < -0.39 is 12.0 Å². The van der Waals surface area contributed by atoms with Crippen molar-refractivity contribution >= 4 is 17.9 Å². The zero-order valence-electron chi connectivity index (χ0n) is 21.7. The Kier molecular flexibility index (Phi) is 9.84. The normalized spacial score (nSPS) is 15.0. The summed E-state index contributed by atoms with van der Waals surface area (Å²) in [5.74, 6) is -0.245. The average molecular weight is 499 g/mol. The molecule has 0 bridgehead atoms.